The maximum absolute atomic E-state index is 12.9. The standard InChI is InChI=1S/C21H26N4O3/c1-14-12-15(2)18(16(3)13-14)24-20-22-7-4-17(23-20)19(26)25-8-5-21(6-9-25)27-10-11-28-21/h4,7,12-13H,5-6,8-11H2,1-3H3,(H,22,23,24). The van der Waals surface area contributed by atoms with Gasteiger partial charge in [-0.25, -0.2) is 9.97 Å². The van der Waals surface area contributed by atoms with E-state index in [1.807, 2.05) is 18.7 Å². The molecule has 0 radical (unpaired) electrons. The summed E-state index contributed by atoms with van der Waals surface area (Å²) in [4.78, 5) is 23.5. The Morgan fingerprint density at radius 3 is 2.39 bits per heavy atom. The van der Waals surface area contributed by atoms with Gasteiger partial charge in [0.05, 0.1) is 13.2 Å². The molecule has 3 heterocycles. The van der Waals surface area contributed by atoms with Crippen LogP contribution in [-0.2, 0) is 9.47 Å². The van der Waals surface area contributed by atoms with E-state index in [1.54, 1.807) is 12.3 Å². The van der Waals surface area contributed by atoms with Gasteiger partial charge in [0, 0.05) is 37.8 Å². The summed E-state index contributed by atoms with van der Waals surface area (Å²) < 4.78 is 11.5. The van der Waals surface area contributed by atoms with Crippen molar-refractivity contribution in [2.75, 3.05) is 31.6 Å². The normalized spacial score (nSPS) is 18.5. The van der Waals surface area contributed by atoms with Crippen LogP contribution in [0.3, 0.4) is 0 Å². The lowest BCUT2D eigenvalue weighted by Gasteiger charge is -2.37. The molecular weight excluding hydrogens is 356 g/mol. The molecule has 0 bridgehead atoms. The first kappa shape index (κ1) is 18.8. The Morgan fingerprint density at radius 2 is 1.75 bits per heavy atom. The van der Waals surface area contributed by atoms with Gasteiger partial charge in [-0.2, -0.15) is 0 Å². The molecule has 1 N–H and O–H groups in total. The minimum Gasteiger partial charge on any atom is -0.347 e. The highest BCUT2D eigenvalue weighted by Gasteiger charge is 2.41. The van der Waals surface area contributed by atoms with Crippen molar-refractivity contribution >= 4 is 17.5 Å². The van der Waals surface area contributed by atoms with Crippen molar-refractivity contribution in [3.63, 3.8) is 0 Å². The Balaban J connectivity index is 1.47. The van der Waals surface area contributed by atoms with E-state index in [9.17, 15) is 4.79 Å². The van der Waals surface area contributed by atoms with Gasteiger partial charge < -0.3 is 19.7 Å². The average Bonchev–Trinajstić information content (AvgIpc) is 3.13. The molecule has 2 saturated heterocycles. The van der Waals surface area contributed by atoms with Crippen LogP contribution in [0.4, 0.5) is 11.6 Å². The first-order chi connectivity index (χ1) is 13.5. The summed E-state index contributed by atoms with van der Waals surface area (Å²) in [5, 5.41) is 3.27. The molecule has 0 aliphatic carbocycles. The minimum absolute atomic E-state index is 0.0874. The number of benzene rings is 1. The maximum atomic E-state index is 12.9. The van der Waals surface area contributed by atoms with E-state index in [4.69, 9.17) is 9.47 Å². The number of ether oxygens (including phenoxy) is 2. The van der Waals surface area contributed by atoms with E-state index < -0.39 is 5.79 Å². The molecule has 28 heavy (non-hydrogen) atoms. The lowest BCUT2D eigenvalue weighted by Crippen LogP contribution is -2.47. The Labute approximate surface area is 165 Å². The van der Waals surface area contributed by atoms with Crippen molar-refractivity contribution in [1.82, 2.24) is 14.9 Å². The summed E-state index contributed by atoms with van der Waals surface area (Å²) in [6.07, 6.45) is 3.00. The highest BCUT2D eigenvalue weighted by Crippen LogP contribution is 2.31. The number of piperidine rings is 1. The van der Waals surface area contributed by atoms with Crippen LogP contribution in [0.5, 0.6) is 0 Å². The van der Waals surface area contributed by atoms with E-state index in [0.717, 1.165) is 16.8 Å². The fourth-order valence-corrected chi connectivity index (χ4v) is 4.03. The summed E-state index contributed by atoms with van der Waals surface area (Å²) in [5.74, 6) is -0.150. The second-order valence-electron chi connectivity index (χ2n) is 7.56. The van der Waals surface area contributed by atoms with Gasteiger partial charge in [0.2, 0.25) is 5.95 Å². The van der Waals surface area contributed by atoms with Crippen LogP contribution < -0.4 is 5.32 Å². The predicted molar refractivity (Wildman–Crippen MR) is 106 cm³/mol. The van der Waals surface area contributed by atoms with Crippen LogP contribution in [-0.4, -0.2) is 52.9 Å². The number of carbonyl (C=O) groups is 1. The van der Waals surface area contributed by atoms with Gasteiger partial charge >= 0.3 is 0 Å². The summed E-state index contributed by atoms with van der Waals surface area (Å²) in [5.41, 5.74) is 4.82. The van der Waals surface area contributed by atoms with Crippen LogP contribution in [0, 0.1) is 20.8 Å². The number of amides is 1. The molecule has 1 amide bonds. The molecule has 0 unspecified atom stereocenters. The van der Waals surface area contributed by atoms with Gasteiger partial charge in [0.1, 0.15) is 5.69 Å². The molecule has 4 rings (SSSR count). The molecule has 1 spiro atoms. The third-order valence-corrected chi connectivity index (χ3v) is 5.41. The molecule has 0 saturated carbocycles. The molecule has 148 valence electrons. The van der Waals surface area contributed by atoms with Crippen LogP contribution in [0.15, 0.2) is 24.4 Å². The molecule has 0 atom stereocenters. The van der Waals surface area contributed by atoms with Crippen molar-refractivity contribution in [1.29, 1.82) is 0 Å². The quantitative estimate of drug-likeness (QED) is 0.879. The monoisotopic (exact) mass is 382 g/mol. The van der Waals surface area contributed by atoms with E-state index in [2.05, 4.69) is 34.3 Å². The number of carbonyl (C=O) groups excluding carboxylic acids is 1. The number of aromatic nitrogens is 2. The van der Waals surface area contributed by atoms with E-state index in [1.165, 1.54) is 5.56 Å². The molecule has 1 aromatic heterocycles. The van der Waals surface area contributed by atoms with Gasteiger partial charge in [0.15, 0.2) is 5.79 Å². The third kappa shape index (κ3) is 3.72. The van der Waals surface area contributed by atoms with Crippen molar-refractivity contribution in [2.45, 2.75) is 39.4 Å². The zero-order valence-electron chi connectivity index (χ0n) is 16.6. The van der Waals surface area contributed by atoms with Gasteiger partial charge in [-0.05, 0) is 38.0 Å². The van der Waals surface area contributed by atoms with E-state index in [0.29, 0.717) is 50.8 Å². The van der Waals surface area contributed by atoms with Crippen LogP contribution >= 0.6 is 0 Å². The molecular formula is C21H26N4O3. The van der Waals surface area contributed by atoms with Crippen molar-refractivity contribution in [2.24, 2.45) is 0 Å². The van der Waals surface area contributed by atoms with Crippen molar-refractivity contribution in [3.8, 4) is 0 Å². The molecule has 1 aromatic carbocycles. The number of aryl methyl sites for hydroxylation is 3. The molecule has 2 fully saturated rings. The number of hydrogen-bond acceptors (Lipinski definition) is 6. The molecule has 2 aliphatic rings. The molecule has 7 heteroatoms. The first-order valence-corrected chi connectivity index (χ1v) is 9.71. The van der Waals surface area contributed by atoms with Crippen molar-refractivity contribution < 1.29 is 14.3 Å². The highest BCUT2D eigenvalue weighted by atomic mass is 16.7. The van der Waals surface area contributed by atoms with Gasteiger partial charge in [-0.1, -0.05) is 17.7 Å². The smallest absolute Gasteiger partial charge is 0.272 e. The Kier molecular flexibility index (Phi) is 5.03. The molecule has 2 aromatic rings. The second-order valence-corrected chi connectivity index (χ2v) is 7.56. The number of nitrogens with one attached hydrogen (secondary N) is 1. The fourth-order valence-electron chi connectivity index (χ4n) is 4.03. The lowest BCUT2D eigenvalue weighted by molar-refractivity contribution is -0.181. The van der Waals surface area contributed by atoms with Crippen LogP contribution in [0.1, 0.15) is 40.0 Å². The van der Waals surface area contributed by atoms with E-state index in [-0.39, 0.29) is 5.91 Å². The second kappa shape index (κ2) is 7.48. The third-order valence-electron chi connectivity index (χ3n) is 5.41. The Morgan fingerprint density at radius 1 is 1.11 bits per heavy atom. The van der Waals surface area contributed by atoms with Gasteiger partial charge in [0.25, 0.3) is 5.91 Å². The fraction of sp³-hybridized carbons (Fsp3) is 0.476. The van der Waals surface area contributed by atoms with Crippen LogP contribution in [0.25, 0.3) is 0 Å². The molecule has 7 nitrogen and oxygen atoms in total. The lowest BCUT2D eigenvalue weighted by atomic mass is 10.0. The largest absolute Gasteiger partial charge is 0.347 e. The maximum Gasteiger partial charge on any atom is 0.272 e. The number of nitrogens with zero attached hydrogens (tertiary/aromatic N) is 3. The summed E-state index contributed by atoms with van der Waals surface area (Å²) in [6.45, 7) is 8.63. The highest BCUT2D eigenvalue weighted by molar-refractivity contribution is 5.92. The number of anilines is 2. The zero-order chi connectivity index (χ0) is 19.7. The number of likely N-dealkylation sites (tertiary alicyclic amines) is 1. The van der Waals surface area contributed by atoms with E-state index >= 15 is 0 Å². The van der Waals surface area contributed by atoms with Crippen molar-refractivity contribution in [3.05, 3.63) is 46.8 Å². The topological polar surface area (TPSA) is 76.6 Å². The summed E-state index contributed by atoms with van der Waals surface area (Å²) >= 11 is 0. The first-order valence-electron chi connectivity index (χ1n) is 9.71. The Hall–Kier alpha value is -2.51. The Bertz CT molecular complexity index is 860. The summed E-state index contributed by atoms with van der Waals surface area (Å²) in [6, 6.07) is 5.89. The van der Waals surface area contributed by atoms with Crippen LogP contribution in [0.2, 0.25) is 0 Å². The van der Waals surface area contributed by atoms with Gasteiger partial charge in [-0.3, -0.25) is 4.79 Å². The average molecular weight is 382 g/mol. The zero-order valence-corrected chi connectivity index (χ0v) is 16.6. The predicted octanol–water partition coefficient (Wildman–Crippen LogP) is 3.12. The minimum atomic E-state index is -0.490. The number of rotatable bonds is 3. The van der Waals surface area contributed by atoms with Gasteiger partial charge in [-0.15, -0.1) is 0 Å². The molecule has 2 aliphatic heterocycles. The summed E-state index contributed by atoms with van der Waals surface area (Å²) in [7, 11) is 0. The SMILES string of the molecule is Cc1cc(C)c(Nc2nccc(C(=O)N3CCC4(CC3)OCCO4)n2)c(C)c1. The number of hydrogen-bond donors (Lipinski definition) is 1.